The Hall–Kier alpha value is -3.73. The van der Waals surface area contributed by atoms with Crippen LogP contribution in [0.3, 0.4) is 0 Å². The lowest BCUT2D eigenvalue weighted by atomic mass is 10.1. The van der Waals surface area contributed by atoms with Gasteiger partial charge in [-0.1, -0.05) is 6.07 Å². The third-order valence-corrected chi connectivity index (χ3v) is 7.10. The molecule has 4 rings (SSSR count). The number of thiazole rings is 1. The number of nitrogens with zero attached hydrogens (tertiary/aromatic N) is 1. The molecule has 0 aliphatic carbocycles. The monoisotopic (exact) mass is 548 g/mol. The number of thiocarbonyl (C=S) groups is 1. The quantitative estimate of drug-likeness (QED) is 0.123. The Morgan fingerprint density at radius 3 is 2.41 bits per heavy atom. The Morgan fingerprint density at radius 1 is 0.973 bits per heavy atom. The number of hydrogen-bond donors (Lipinski definition) is 3. The molecule has 1 aromatic heterocycles. The smallest absolute Gasteiger partial charge is 0.236 e. The van der Waals surface area contributed by atoms with Crippen LogP contribution in [0.2, 0.25) is 0 Å². The van der Waals surface area contributed by atoms with E-state index in [1.54, 1.807) is 31.4 Å². The Kier molecular flexibility index (Phi) is 8.89. The molecule has 0 spiro atoms. The third-order valence-electron chi connectivity index (χ3n) is 5.15. The minimum absolute atomic E-state index is 0.0141. The molecule has 0 aliphatic rings. The van der Waals surface area contributed by atoms with E-state index in [2.05, 4.69) is 20.9 Å². The molecular weight excluding hydrogens is 525 g/mol. The highest BCUT2D eigenvalue weighted by Gasteiger charge is 2.10. The summed E-state index contributed by atoms with van der Waals surface area (Å²) in [5.74, 6) is 0.902. The Labute approximate surface area is 228 Å². The summed E-state index contributed by atoms with van der Waals surface area (Å²) in [5.41, 5.74) is 3.98. The van der Waals surface area contributed by atoms with Gasteiger partial charge in [-0.3, -0.25) is 9.59 Å². The van der Waals surface area contributed by atoms with Crippen LogP contribution in [0.25, 0.3) is 11.3 Å². The molecule has 1 heterocycles. The fourth-order valence-electron chi connectivity index (χ4n) is 3.28. The normalized spacial score (nSPS) is 10.4. The van der Waals surface area contributed by atoms with Crippen LogP contribution >= 0.6 is 35.3 Å². The molecule has 0 atom stereocenters. The average Bonchev–Trinajstić information content (AvgIpc) is 3.36. The Balaban J connectivity index is 1.27. The number of ether oxygens (including phenoxy) is 1. The second kappa shape index (κ2) is 12.5. The maximum atomic E-state index is 12.5. The number of amides is 1. The second-order valence-corrected chi connectivity index (χ2v) is 10.2. The minimum atomic E-state index is -0.134. The molecule has 0 unspecified atom stereocenters. The highest BCUT2D eigenvalue weighted by atomic mass is 32.2. The largest absolute Gasteiger partial charge is 0.497 e. The highest BCUT2D eigenvalue weighted by molar-refractivity contribution is 8.00. The summed E-state index contributed by atoms with van der Waals surface area (Å²) in [6, 6.07) is 22.4. The van der Waals surface area contributed by atoms with Gasteiger partial charge in [-0.15, -0.1) is 23.1 Å². The fraction of sp³-hybridized carbons (Fsp3) is 0.111. The van der Waals surface area contributed by atoms with Gasteiger partial charge in [0.05, 0.1) is 18.6 Å². The average molecular weight is 549 g/mol. The summed E-state index contributed by atoms with van der Waals surface area (Å²) in [6.45, 7) is 1.53. The number of rotatable bonds is 9. The van der Waals surface area contributed by atoms with E-state index < -0.39 is 0 Å². The zero-order chi connectivity index (χ0) is 26.2. The molecule has 1 amide bonds. The summed E-state index contributed by atoms with van der Waals surface area (Å²) in [6.07, 6.45) is 0. The molecule has 3 aromatic carbocycles. The maximum Gasteiger partial charge on any atom is 0.236 e. The van der Waals surface area contributed by atoms with Crippen molar-refractivity contribution in [2.24, 2.45) is 0 Å². The van der Waals surface area contributed by atoms with Gasteiger partial charge in [0.1, 0.15) is 5.75 Å². The van der Waals surface area contributed by atoms with Crippen LogP contribution in [0, 0.1) is 0 Å². The van der Waals surface area contributed by atoms with E-state index in [0.29, 0.717) is 15.8 Å². The van der Waals surface area contributed by atoms with E-state index >= 15 is 0 Å². The first-order valence-electron chi connectivity index (χ1n) is 11.2. The van der Waals surface area contributed by atoms with Crippen LogP contribution in [0.1, 0.15) is 17.3 Å². The van der Waals surface area contributed by atoms with Gasteiger partial charge < -0.3 is 20.7 Å². The lowest BCUT2D eigenvalue weighted by molar-refractivity contribution is -0.113. The van der Waals surface area contributed by atoms with E-state index in [1.165, 1.54) is 30.0 Å². The number of methoxy groups -OCH3 is 1. The molecule has 10 heteroatoms. The van der Waals surface area contributed by atoms with Crippen LogP contribution in [-0.4, -0.2) is 34.6 Å². The van der Waals surface area contributed by atoms with Crippen LogP contribution in [0.4, 0.5) is 16.5 Å². The molecule has 0 fully saturated rings. The number of nitrogens with one attached hydrogen (secondary N) is 3. The van der Waals surface area contributed by atoms with Crippen LogP contribution in [-0.2, 0) is 4.79 Å². The molecule has 4 aromatic rings. The van der Waals surface area contributed by atoms with Gasteiger partial charge in [0.25, 0.3) is 0 Å². The van der Waals surface area contributed by atoms with E-state index in [9.17, 15) is 9.59 Å². The fourth-order valence-corrected chi connectivity index (χ4v) is 5.00. The Bertz CT molecular complexity index is 1400. The summed E-state index contributed by atoms with van der Waals surface area (Å²) < 4.78 is 5.19. The number of benzene rings is 3. The third kappa shape index (κ3) is 7.63. The van der Waals surface area contributed by atoms with E-state index in [1.807, 2.05) is 53.9 Å². The molecule has 0 saturated carbocycles. The van der Waals surface area contributed by atoms with Crippen molar-refractivity contribution in [1.82, 2.24) is 4.98 Å². The lowest BCUT2D eigenvalue weighted by Crippen LogP contribution is -2.19. The minimum Gasteiger partial charge on any atom is -0.497 e. The van der Waals surface area contributed by atoms with Crippen molar-refractivity contribution in [3.63, 3.8) is 0 Å². The first-order valence-corrected chi connectivity index (χ1v) is 13.5. The molecule has 3 N–H and O–H groups in total. The van der Waals surface area contributed by atoms with E-state index in [4.69, 9.17) is 17.0 Å². The highest BCUT2D eigenvalue weighted by Crippen LogP contribution is 2.27. The summed E-state index contributed by atoms with van der Waals surface area (Å²) in [4.78, 5) is 29.4. The van der Waals surface area contributed by atoms with Crippen LogP contribution in [0.15, 0.2) is 83.1 Å². The number of carbonyl (C=O) groups excluding carboxylic acids is 2. The second-order valence-electron chi connectivity index (χ2n) is 7.84. The first-order chi connectivity index (χ1) is 17.9. The van der Waals surface area contributed by atoms with Crippen molar-refractivity contribution in [1.29, 1.82) is 0 Å². The predicted molar refractivity (Wildman–Crippen MR) is 156 cm³/mol. The molecule has 0 aliphatic heterocycles. The van der Waals surface area contributed by atoms with Gasteiger partial charge in [0.2, 0.25) is 5.91 Å². The van der Waals surface area contributed by atoms with Crippen LogP contribution in [0.5, 0.6) is 5.75 Å². The molecule has 37 heavy (non-hydrogen) atoms. The van der Waals surface area contributed by atoms with Crippen molar-refractivity contribution in [3.05, 3.63) is 83.7 Å². The Morgan fingerprint density at radius 2 is 1.70 bits per heavy atom. The zero-order valence-electron chi connectivity index (χ0n) is 20.1. The molecular formula is C27H24N4O3S3. The predicted octanol–water partition coefficient (Wildman–Crippen LogP) is 6.56. The van der Waals surface area contributed by atoms with Crippen molar-refractivity contribution in [3.8, 4) is 17.0 Å². The molecule has 0 saturated heterocycles. The number of hydrogen-bond acceptors (Lipinski definition) is 7. The SMILES string of the molecule is COc1ccc(-c2csc(NC(=O)CSc3cccc(NC(=S)Nc4ccc(C(C)=O)cc4)c3)n2)cc1. The molecule has 0 radical (unpaired) electrons. The summed E-state index contributed by atoms with van der Waals surface area (Å²) >= 11 is 8.21. The first kappa shape index (κ1) is 26.3. The lowest BCUT2D eigenvalue weighted by Gasteiger charge is -2.12. The summed E-state index contributed by atoms with van der Waals surface area (Å²) in [5, 5.41) is 12.0. The number of anilines is 3. The number of aromatic nitrogens is 1. The van der Waals surface area contributed by atoms with Gasteiger partial charge in [-0.05, 0) is 85.9 Å². The van der Waals surface area contributed by atoms with Gasteiger partial charge in [-0.2, -0.15) is 0 Å². The maximum absolute atomic E-state index is 12.5. The number of ketones is 1. The van der Waals surface area contributed by atoms with Gasteiger partial charge in [0, 0.05) is 32.8 Å². The van der Waals surface area contributed by atoms with Gasteiger partial charge in [-0.25, -0.2) is 4.98 Å². The van der Waals surface area contributed by atoms with Gasteiger partial charge in [0.15, 0.2) is 16.0 Å². The van der Waals surface area contributed by atoms with Crippen molar-refractivity contribution in [2.45, 2.75) is 11.8 Å². The summed E-state index contributed by atoms with van der Waals surface area (Å²) in [7, 11) is 1.63. The van der Waals surface area contributed by atoms with Crippen molar-refractivity contribution < 1.29 is 14.3 Å². The number of thioether (sulfide) groups is 1. The van der Waals surface area contributed by atoms with E-state index in [0.717, 1.165) is 33.3 Å². The number of carbonyl (C=O) groups is 2. The molecule has 0 bridgehead atoms. The molecule has 7 nitrogen and oxygen atoms in total. The molecule has 188 valence electrons. The standard InChI is InChI=1S/C27H24N4O3S3/c1-17(32)18-6-10-20(11-7-18)28-26(35)29-21-4-3-5-23(14-21)36-16-25(33)31-27-30-24(15-37-27)19-8-12-22(34-2)13-9-19/h3-15H,16H2,1-2H3,(H2,28,29,35)(H,30,31,33). The van der Waals surface area contributed by atoms with E-state index in [-0.39, 0.29) is 17.4 Å². The zero-order valence-corrected chi connectivity index (χ0v) is 22.6. The van der Waals surface area contributed by atoms with Gasteiger partial charge >= 0.3 is 0 Å². The van der Waals surface area contributed by atoms with Crippen molar-refractivity contribution in [2.75, 3.05) is 28.8 Å². The topological polar surface area (TPSA) is 92.4 Å². The van der Waals surface area contributed by atoms with Crippen molar-refractivity contribution >= 4 is 68.6 Å². The number of Topliss-reactive ketones (excluding diaryl/α,β-unsaturated/α-hetero) is 1. The van der Waals surface area contributed by atoms with Crippen LogP contribution < -0.4 is 20.7 Å².